The average molecular weight is 299 g/mol. The predicted molar refractivity (Wildman–Crippen MR) is 85.1 cm³/mol. The van der Waals surface area contributed by atoms with Crippen molar-refractivity contribution in [1.82, 2.24) is 10.3 Å². The van der Waals surface area contributed by atoms with Crippen molar-refractivity contribution >= 4 is 29.2 Å². The summed E-state index contributed by atoms with van der Waals surface area (Å²) in [5.74, 6) is 1.02. The minimum Gasteiger partial charge on any atom is -0.356 e. The summed E-state index contributed by atoms with van der Waals surface area (Å²) in [6.45, 7) is 3.06. The largest absolute Gasteiger partial charge is 0.356 e. The lowest BCUT2D eigenvalue weighted by Crippen LogP contribution is -2.28. The molecule has 0 saturated carbocycles. The third-order valence-electron chi connectivity index (χ3n) is 3.31. The second-order valence-electron chi connectivity index (χ2n) is 4.88. The van der Waals surface area contributed by atoms with Crippen LogP contribution in [0.15, 0.2) is 52.4 Å². The maximum Gasteiger partial charge on any atom is 0.216 e. The molecule has 108 valence electrons. The highest BCUT2D eigenvalue weighted by Gasteiger charge is 2.23. The molecule has 0 saturated heterocycles. The fourth-order valence-corrected chi connectivity index (χ4v) is 3.46. The van der Waals surface area contributed by atoms with E-state index < -0.39 is 0 Å². The second-order valence-corrected chi connectivity index (χ2v) is 5.97. The molecule has 0 radical (unpaired) electrons. The van der Waals surface area contributed by atoms with Gasteiger partial charge >= 0.3 is 0 Å². The Balaban J connectivity index is 1.83. The van der Waals surface area contributed by atoms with E-state index in [2.05, 4.69) is 39.5 Å². The number of amides is 1. The van der Waals surface area contributed by atoms with Crippen LogP contribution in [0.4, 0.5) is 11.5 Å². The first-order valence-corrected chi connectivity index (χ1v) is 7.81. The van der Waals surface area contributed by atoms with Crippen LogP contribution in [-0.2, 0) is 4.79 Å². The number of rotatable bonds is 4. The zero-order chi connectivity index (χ0) is 14.7. The number of hydrogen-bond donors (Lipinski definition) is 1. The van der Waals surface area contributed by atoms with Gasteiger partial charge < -0.3 is 10.2 Å². The van der Waals surface area contributed by atoms with E-state index in [9.17, 15) is 4.79 Å². The Bertz CT molecular complexity index is 614. The average Bonchev–Trinajstić information content (AvgIpc) is 2.50. The van der Waals surface area contributed by atoms with Gasteiger partial charge in [-0.15, -0.1) is 0 Å². The van der Waals surface area contributed by atoms with Crippen LogP contribution in [0.5, 0.6) is 0 Å². The molecule has 0 bridgehead atoms. The number of pyridine rings is 1. The van der Waals surface area contributed by atoms with Crippen LogP contribution in [0.3, 0.4) is 0 Å². The van der Waals surface area contributed by atoms with Crippen LogP contribution in [0.2, 0.25) is 0 Å². The number of para-hydroxylation sites is 1. The number of aromatic nitrogens is 1. The van der Waals surface area contributed by atoms with Gasteiger partial charge in [-0.05, 0) is 30.7 Å². The molecule has 1 N–H and O–H groups in total. The van der Waals surface area contributed by atoms with Crippen LogP contribution in [-0.4, -0.2) is 24.0 Å². The topological polar surface area (TPSA) is 45.2 Å². The summed E-state index contributed by atoms with van der Waals surface area (Å²) >= 11 is 1.76. The highest BCUT2D eigenvalue weighted by molar-refractivity contribution is 7.99. The summed E-state index contributed by atoms with van der Waals surface area (Å²) in [6, 6.07) is 12.4. The molecule has 1 aromatic heterocycles. The first-order chi connectivity index (χ1) is 10.3. The highest BCUT2D eigenvalue weighted by atomic mass is 32.2. The van der Waals surface area contributed by atoms with Crippen molar-refractivity contribution < 1.29 is 4.79 Å². The van der Waals surface area contributed by atoms with Gasteiger partial charge in [0.15, 0.2) is 0 Å². The van der Waals surface area contributed by atoms with E-state index >= 15 is 0 Å². The van der Waals surface area contributed by atoms with E-state index in [1.54, 1.807) is 18.7 Å². The lowest BCUT2D eigenvalue weighted by atomic mass is 10.2. The molecule has 2 heterocycles. The van der Waals surface area contributed by atoms with Gasteiger partial charge in [0.1, 0.15) is 5.82 Å². The Morgan fingerprint density at radius 3 is 2.90 bits per heavy atom. The molecule has 21 heavy (non-hydrogen) atoms. The predicted octanol–water partition coefficient (Wildman–Crippen LogP) is 3.21. The zero-order valence-corrected chi connectivity index (χ0v) is 12.7. The SMILES string of the molecule is CC(=O)NCCCN1c2ccccc2Sc2cccnc21. The Hall–Kier alpha value is -2.01. The highest BCUT2D eigenvalue weighted by Crippen LogP contribution is 2.46. The monoisotopic (exact) mass is 299 g/mol. The third-order valence-corrected chi connectivity index (χ3v) is 4.42. The molecule has 2 aromatic rings. The lowest BCUT2D eigenvalue weighted by Gasteiger charge is -2.31. The Kier molecular flexibility index (Phi) is 4.10. The maximum absolute atomic E-state index is 11.0. The van der Waals surface area contributed by atoms with E-state index in [1.807, 2.05) is 18.3 Å². The fraction of sp³-hybridized carbons (Fsp3) is 0.250. The summed E-state index contributed by atoms with van der Waals surface area (Å²) in [6.07, 6.45) is 2.71. The van der Waals surface area contributed by atoms with Crippen molar-refractivity contribution in [2.24, 2.45) is 0 Å². The summed E-state index contributed by atoms with van der Waals surface area (Å²) < 4.78 is 0. The number of nitrogens with one attached hydrogen (secondary N) is 1. The molecule has 3 rings (SSSR count). The van der Waals surface area contributed by atoms with Gasteiger partial charge in [-0.25, -0.2) is 4.98 Å². The standard InChI is InChI=1S/C16H17N3OS/c1-12(20)17-10-5-11-19-13-6-2-3-7-14(13)21-15-8-4-9-18-16(15)19/h2-4,6-9H,5,10-11H2,1H3,(H,17,20). The van der Waals surface area contributed by atoms with Crippen LogP contribution in [0, 0.1) is 0 Å². The number of carbonyl (C=O) groups excluding carboxylic acids is 1. The molecule has 0 atom stereocenters. The van der Waals surface area contributed by atoms with E-state index in [-0.39, 0.29) is 5.91 Å². The van der Waals surface area contributed by atoms with Crippen molar-refractivity contribution in [1.29, 1.82) is 0 Å². The van der Waals surface area contributed by atoms with Crippen LogP contribution in [0.25, 0.3) is 0 Å². The molecule has 4 nitrogen and oxygen atoms in total. The number of nitrogens with zero attached hydrogens (tertiary/aromatic N) is 2. The lowest BCUT2D eigenvalue weighted by molar-refractivity contribution is -0.118. The molecule has 5 heteroatoms. The Morgan fingerprint density at radius 1 is 1.24 bits per heavy atom. The summed E-state index contributed by atoms with van der Waals surface area (Å²) in [5.41, 5.74) is 1.19. The smallest absolute Gasteiger partial charge is 0.216 e. The van der Waals surface area contributed by atoms with Gasteiger partial charge in [0.25, 0.3) is 0 Å². The quantitative estimate of drug-likeness (QED) is 0.881. The van der Waals surface area contributed by atoms with Crippen molar-refractivity contribution in [3.05, 3.63) is 42.6 Å². The van der Waals surface area contributed by atoms with Gasteiger partial charge in [0, 0.05) is 31.1 Å². The Morgan fingerprint density at radius 2 is 2.05 bits per heavy atom. The minimum absolute atomic E-state index is 0.0168. The van der Waals surface area contributed by atoms with Crippen molar-refractivity contribution in [3.8, 4) is 0 Å². The second kappa shape index (κ2) is 6.18. The van der Waals surface area contributed by atoms with Crippen molar-refractivity contribution in [2.75, 3.05) is 18.0 Å². The summed E-state index contributed by atoms with van der Waals surface area (Å²) in [4.78, 5) is 20.1. The van der Waals surface area contributed by atoms with E-state index in [4.69, 9.17) is 0 Å². The molecule has 1 aliphatic heterocycles. The number of fused-ring (bicyclic) bond motifs is 2. The van der Waals surface area contributed by atoms with Crippen LogP contribution >= 0.6 is 11.8 Å². The van der Waals surface area contributed by atoms with Gasteiger partial charge in [0.2, 0.25) is 5.91 Å². The van der Waals surface area contributed by atoms with Crippen molar-refractivity contribution in [2.45, 2.75) is 23.1 Å². The van der Waals surface area contributed by atoms with Gasteiger partial charge in [-0.3, -0.25) is 4.79 Å². The summed E-state index contributed by atoms with van der Waals surface area (Å²) in [5, 5.41) is 2.84. The number of carbonyl (C=O) groups is 1. The molecule has 0 spiro atoms. The zero-order valence-electron chi connectivity index (χ0n) is 11.9. The summed E-state index contributed by atoms with van der Waals surface area (Å²) in [7, 11) is 0. The fourth-order valence-electron chi connectivity index (χ4n) is 2.39. The minimum atomic E-state index is 0.0168. The number of anilines is 2. The Labute approximate surface area is 128 Å². The third kappa shape index (κ3) is 3.03. The van der Waals surface area contributed by atoms with Gasteiger partial charge in [-0.2, -0.15) is 0 Å². The number of benzene rings is 1. The van der Waals surface area contributed by atoms with E-state index in [0.717, 1.165) is 18.8 Å². The number of hydrogen-bond acceptors (Lipinski definition) is 4. The van der Waals surface area contributed by atoms with E-state index in [0.29, 0.717) is 6.54 Å². The first-order valence-electron chi connectivity index (χ1n) is 6.99. The maximum atomic E-state index is 11.0. The molecule has 1 amide bonds. The van der Waals surface area contributed by atoms with Gasteiger partial charge in [-0.1, -0.05) is 23.9 Å². The normalized spacial score (nSPS) is 12.5. The molecule has 0 unspecified atom stereocenters. The molecule has 0 aliphatic carbocycles. The van der Waals surface area contributed by atoms with Crippen molar-refractivity contribution in [3.63, 3.8) is 0 Å². The van der Waals surface area contributed by atoms with Gasteiger partial charge in [0.05, 0.1) is 10.6 Å². The molecule has 1 aliphatic rings. The molecule has 0 fully saturated rings. The molecule has 1 aromatic carbocycles. The first kappa shape index (κ1) is 13.9. The van der Waals surface area contributed by atoms with E-state index in [1.165, 1.54) is 15.5 Å². The molecular formula is C16H17N3OS. The van der Waals surface area contributed by atoms with Crippen LogP contribution < -0.4 is 10.2 Å². The molecular weight excluding hydrogens is 282 g/mol. The van der Waals surface area contributed by atoms with Crippen LogP contribution in [0.1, 0.15) is 13.3 Å².